The molecule has 1 saturated carbocycles. The van der Waals surface area contributed by atoms with Crippen LogP contribution in [0.25, 0.3) is 0 Å². The predicted molar refractivity (Wildman–Crippen MR) is 88.1 cm³/mol. The second-order valence-corrected chi connectivity index (χ2v) is 7.92. The second kappa shape index (κ2) is 7.26. The van der Waals surface area contributed by atoms with Crippen LogP contribution in [0.3, 0.4) is 0 Å². The standard InChI is InChI=1S/C18H36N2/c1-5-18(4,13-19-15(2)3)14-20-12-8-10-16-9-6-7-11-17(16)20/h15-17,19H,5-14H2,1-4H3/t16-,17-,18?/m1/s1. The average Bonchev–Trinajstić information content (AvgIpc) is 2.46. The Hall–Kier alpha value is -0.0800. The third-order valence-corrected chi connectivity index (χ3v) is 5.73. The number of likely N-dealkylation sites (tertiary alicyclic amines) is 1. The van der Waals surface area contributed by atoms with E-state index in [-0.39, 0.29) is 0 Å². The molecule has 20 heavy (non-hydrogen) atoms. The molecule has 0 bridgehead atoms. The van der Waals surface area contributed by atoms with E-state index >= 15 is 0 Å². The zero-order chi connectivity index (χ0) is 14.6. The van der Waals surface area contributed by atoms with Gasteiger partial charge in [-0.2, -0.15) is 0 Å². The number of rotatable bonds is 6. The summed E-state index contributed by atoms with van der Waals surface area (Å²) in [7, 11) is 0. The first kappa shape index (κ1) is 16.3. The van der Waals surface area contributed by atoms with Gasteiger partial charge in [0, 0.05) is 25.2 Å². The molecule has 1 saturated heterocycles. The fourth-order valence-electron chi connectivity index (χ4n) is 4.16. The number of piperidine rings is 1. The van der Waals surface area contributed by atoms with Crippen LogP contribution in [-0.4, -0.2) is 36.6 Å². The van der Waals surface area contributed by atoms with Crippen LogP contribution in [0.15, 0.2) is 0 Å². The van der Waals surface area contributed by atoms with Gasteiger partial charge in [0.05, 0.1) is 0 Å². The van der Waals surface area contributed by atoms with Crippen molar-refractivity contribution >= 4 is 0 Å². The van der Waals surface area contributed by atoms with Gasteiger partial charge >= 0.3 is 0 Å². The number of nitrogens with one attached hydrogen (secondary N) is 1. The lowest BCUT2D eigenvalue weighted by molar-refractivity contribution is 0.0261. The van der Waals surface area contributed by atoms with E-state index in [0.717, 1.165) is 18.5 Å². The third-order valence-electron chi connectivity index (χ3n) is 5.73. The second-order valence-electron chi connectivity index (χ2n) is 7.92. The average molecular weight is 280 g/mol. The Morgan fingerprint density at radius 2 is 1.85 bits per heavy atom. The van der Waals surface area contributed by atoms with Gasteiger partial charge in [-0.05, 0) is 50.0 Å². The smallest absolute Gasteiger partial charge is 0.0124 e. The SMILES string of the molecule is CCC(C)(CNC(C)C)CN1CCC[C@H]2CCCC[C@H]21. The Balaban J connectivity index is 1.94. The molecule has 1 N–H and O–H groups in total. The van der Waals surface area contributed by atoms with Crippen molar-refractivity contribution in [3.8, 4) is 0 Å². The Morgan fingerprint density at radius 3 is 2.55 bits per heavy atom. The van der Waals surface area contributed by atoms with E-state index in [2.05, 4.69) is 37.9 Å². The Bertz CT molecular complexity index is 287. The van der Waals surface area contributed by atoms with Gasteiger partial charge in [-0.1, -0.05) is 40.5 Å². The lowest BCUT2D eigenvalue weighted by atomic mass is 9.76. The molecule has 1 aliphatic carbocycles. The largest absolute Gasteiger partial charge is 0.314 e. The van der Waals surface area contributed by atoms with Crippen molar-refractivity contribution in [1.82, 2.24) is 10.2 Å². The Morgan fingerprint density at radius 1 is 1.15 bits per heavy atom. The van der Waals surface area contributed by atoms with E-state index in [1.54, 1.807) is 0 Å². The van der Waals surface area contributed by atoms with Crippen LogP contribution < -0.4 is 5.32 Å². The zero-order valence-corrected chi connectivity index (χ0v) is 14.3. The van der Waals surface area contributed by atoms with Crippen LogP contribution in [-0.2, 0) is 0 Å². The molecule has 118 valence electrons. The number of nitrogens with zero attached hydrogens (tertiary/aromatic N) is 1. The van der Waals surface area contributed by atoms with Crippen LogP contribution >= 0.6 is 0 Å². The molecule has 2 rings (SSSR count). The molecule has 0 aromatic rings. The first-order valence-electron chi connectivity index (χ1n) is 9.01. The summed E-state index contributed by atoms with van der Waals surface area (Å²) in [5.41, 5.74) is 0.434. The van der Waals surface area contributed by atoms with Crippen molar-refractivity contribution in [3.05, 3.63) is 0 Å². The van der Waals surface area contributed by atoms with Gasteiger partial charge in [0.15, 0.2) is 0 Å². The van der Waals surface area contributed by atoms with Crippen LogP contribution in [0.5, 0.6) is 0 Å². The van der Waals surface area contributed by atoms with Crippen LogP contribution in [0.4, 0.5) is 0 Å². The summed E-state index contributed by atoms with van der Waals surface area (Å²) >= 11 is 0. The quantitative estimate of drug-likeness (QED) is 0.789. The molecule has 1 aliphatic heterocycles. The molecule has 1 heterocycles. The van der Waals surface area contributed by atoms with E-state index in [0.29, 0.717) is 11.5 Å². The summed E-state index contributed by atoms with van der Waals surface area (Å²) in [6, 6.07) is 1.51. The van der Waals surface area contributed by atoms with Gasteiger partial charge < -0.3 is 5.32 Å². The van der Waals surface area contributed by atoms with E-state index < -0.39 is 0 Å². The summed E-state index contributed by atoms with van der Waals surface area (Å²) in [6.07, 6.45) is 10.1. The number of hydrogen-bond acceptors (Lipinski definition) is 2. The maximum Gasteiger partial charge on any atom is 0.0124 e. The van der Waals surface area contributed by atoms with Crippen molar-refractivity contribution in [2.75, 3.05) is 19.6 Å². The molecule has 2 heteroatoms. The Labute approximate surface area is 126 Å². The van der Waals surface area contributed by atoms with Crippen LogP contribution in [0.1, 0.15) is 72.6 Å². The molecule has 3 atom stereocenters. The highest BCUT2D eigenvalue weighted by atomic mass is 15.2. The Kier molecular flexibility index (Phi) is 5.92. The lowest BCUT2D eigenvalue weighted by Gasteiger charge is -2.47. The normalized spacial score (nSPS) is 31.1. The van der Waals surface area contributed by atoms with Crippen molar-refractivity contribution < 1.29 is 0 Å². The lowest BCUT2D eigenvalue weighted by Crippen LogP contribution is -2.52. The fourth-order valence-corrected chi connectivity index (χ4v) is 4.16. The van der Waals surface area contributed by atoms with Crippen LogP contribution in [0, 0.1) is 11.3 Å². The number of hydrogen-bond donors (Lipinski definition) is 1. The highest BCUT2D eigenvalue weighted by Crippen LogP contribution is 2.37. The molecule has 0 radical (unpaired) electrons. The summed E-state index contributed by atoms with van der Waals surface area (Å²) in [5.74, 6) is 1.01. The van der Waals surface area contributed by atoms with Gasteiger partial charge in [-0.25, -0.2) is 0 Å². The van der Waals surface area contributed by atoms with Gasteiger partial charge in [0.1, 0.15) is 0 Å². The molecule has 2 fully saturated rings. The molecule has 0 spiro atoms. The molecule has 1 unspecified atom stereocenters. The van der Waals surface area contributed by atoms with E-state index in [4.69, 9.17) is 0 Å². The van der Waals surface area contributed by atoms with Gasteiger partial charge in [-0.3, -0.25) is 4.90 Å². The summed E-state index contributed by atoms with van der Waals surface area (Å²) in [5, 5.41) is 3.67. The summed E-state index contributed by atoms with van der Waals surface area (Å²) in [6.45, 7) is 13.2. The molecule has 2 aliphatic rings. The van der Waals surface area contributed by atoms with Crippen LogP contribution in [0.2, 0.25) is 0 Å². The highest BCUT2D eigenvalue weighted by molar-refractivity contribution is 4.91. The summed E-state index contributed by atoms with van der Waals surface area (Å²) in [4.78, 5) is 2.86. The summed E-state index contributed by atoms with van der Waals surface area (Å²) < 4.78 is 0. The molecule has 2 nitrogen and oxygen atoms in total. The fraction of sp³-hybridized carbons (Fsp3) is 1.00. The van der Waals surface area contributed by atoms with Gasteiger partial charge in [0.2, 0.25) is 0 Å². The van der Waals surface area contributed by atoms with E-state index in [1.165, 1.54) is 58.0 Å². The molecular weight excluding hydrogens is 244 g/mol. The van der Waals surface area contributed by atoms with Gasteiger partial charge in [-0.15, -0.1) is 0 Å². The van der Waals surface area contributed by atoms with Crippen molar-refractivity contribution in [1.29, 1.82) is 0 Å². The first-order valence-corrected chi connectivity index (χ1v) is 9.01. The van der Waals surface area contributed by atoms with Gasteiger partial charge in [0.25, 0.3) is 0 Å². The van der Waals surface area contributed by atoms with E-state index in [9.17, 15) is 0 Å². The minimum atomic E-state index is 0.434. The predicted octanol–water partition coefficient (Wildman–Crippen LogP) is 4.06. The van der Waals surface area contributed by atoms with Crippen molar-refractivity contribution in [2.24, 2.45) is 11.3 Å². The van der Waals surface area contributed by atoms with Crippen molar-refractivity contribution in [2.45, 2.75) is 84.7 Å². The molecule has 0 aromatic carbocycles. The first-order chi connectivity index (χ1) is 9.54. The monoisotopic (exact) mass is 280 g/mol. The maximum atomic E-state index is 3.67. The third kappa shape index (κ3) is 4.21. The van der Waals surface area contributed by atoms with E-state index in [1.807, 2.05) is 0 Å². The zero-order valence-electron chi connectivity index (χ0n) is 14.3. The minimum absolute atomic E-state index is 0.434. The number of fused-ring (bicyclic) bond motifs is 1. The minimum Gasteiger partial charge on any atom is -0.314 e. The maximum absolute atomic E-state index is 3.67. The van der Waals surface area contributed by atoms with Crippen molar-refractivity contribution in [3.63, 3.8) is 0 Å². The molecular formula is C18H36N2. The molecule has 0 amide bonds. The molecule has 0 aromatic heterocycles. The highest BCUT2D eigenvalue weighted by Gasteiger charge is 2.36. The topological polar surface area (TPSA) is 15.3 Å².